The lowest BCUT2D eigenvalue weighted by atomic mass is 9.74. The number of aromatic amines is 1. The van der Waals surface area contributed by atoms with E-state index in [9.17, 15) is 9.59 Å². The SMILES string of the molecule is CCC(CC)C(c1c[nH]c2ccccc12)C(C(=O)OC)C(=O)OC. The summed E-state index contributed by atoms with van der Waals surface area (Å²) < 4.78 is 9.83. The lowest BCUT2D eigenvalue weighted by molar-refractivity contribution is -0.160. The lowest BCUT2D eigenvalue weighted by Gasteiger charge is -2.29. The van der Waals surface area contributed by atoms with Gasteiger partial charge in [0.25, 0.3) is 0 Å². The maximum Gasteiger partial charge on any atom is 0.320 e. The molecule has 1 heterocycles. The van der Waals surface area contributed by atoms with Gasteiger partial charge in [-0.25, -0.2) is 0 Å². The molecule has 0 saturated heterocycles. The van der Waals surface area contributed by atoms with Crippen molar-refractivity contribution in [1.82, 2.24) is 4.98 Å². The number of benzene rings is 1. The van der Waals surface area contributed by atoms with Gasteiger partial charge < -0.3 is 14.5 Å². The van der Waals surface area contributed by atoms with E-state index in [0.717, 1.165) is 29.3 Å². The first-order valence-corrected chi connectivity index (χ1v) is 8.30. The third kappa shape index (κ3) is 3.30. The largest absolute Gasteiger partial charge is 0.468 e. The van der Waals surface area contributed by atoms with E-state index in [1.165, 1.54) is 14.2 Å². The Balaban J connectivity index is 2.62. The highest BCUT2D eigenvalue weighted by molar-refractivity contribution is 5.97. The van der Waals surface area contributed by atoms with Crippen molar-refractivity contribution < 1.29 is 19.1 Å². The van der Waals surface area contributed by atoms with Crippen LogP contribution in [0.25, 0.3) is 10.9 Å². The van der Waals surface area contributed by atoms with Gasteiger partial charge in [-0.2, -0.15) is 0 Å². The average molecular weight is 331 g/mol. The van der Waals surface area contributed by atoms with Gasteiger partial charge in [0.2, 0.25) is 0 Å². The molecule has 0 amide bonds. The Morgan fingerprint density at radius 2 is 1.62 bits per heavy atom. The molecule has 1 unspecified atom stereocenters. The van der Waals surface area contributed by atoms with Gasteiger partial charge in [-0.1, -0.05) is 44.9 Å². The number of ether oxygens (including phenoxy) is 2. The van der Waals surface area contributed by atoms with Crippen molar-refractivity contribution in [2.24, 2.45) is 11.8 Å². The summed E-state index contributed by atoms with van der Waals surface area (Å²) in [5, 5.41) is 1.02. The van der Waals surface area contributed by atoms with Gasteiger partial charge in [-0.3, -0.25) is 9.59 Å². The molecule has 1 N–H and O–H groups in total. The standard InChI is InChI=1S/C19H25NO4/c1-5-12(6-2)16(17(18(21)23-3)19(22)24-4)14-11-20-15-10-8-7-9-13(14)15/h7-12,16-17,20H,5-6H2,1-4H3. The topological polar surface area (TPSA) is 68.4 Å². The third-order valence-electron chi connectivity index (χ3n) is 4.81. The number of H-pyrrole nitrogens is 1. The van der Waals surface area contributed by atoms with Crippen molar-refractivity contribution in [2.45, 2.75) is 32.6 Å². The van der Waals surface area contributed by atoms with Gasteiger partial charge >= 0.3 is 11.9 Å². The number of carbonyl (C=O) groups excluding carboxylic acids is 2. The van der Waals surface area contributed by atoms with Crippen molar-refractivity contribution in [3.05, 3.63) is 36.0 Å². The number of para-hydroxylation sites is 1. The normalized spacial score (nSPS) is 12.6. The summed E-state index contributed by atoms with van der Waals surface area (Å²) in [5.74, 6) is -2.21. The maximum absolute atomic E-state index is 12.4. The minimum Gasteiger partial charge on any atom is -0.468 e. The molecule has 0 radical (unpaired) electrons. The highest BCUT2D eigenvalue weighted by Crippen LogP contribution is 2.40. The number of fused-ring (bicyclic) bond motifs is 1. The summed E-state index contributed by atoms with van der Waals surface area (Å²) in [4.78, 5) is 28.0. The zero-order valence-electron chi connectivity index (χ0n) is 14.7. The van der Waals surface area contributed by atoms with Crippen LogP contribution < -0.4 is 0 Å². The zero-order valence-corrected chi connectivity index (χ0v) is 14.7. The number of methoxy groups -OCH3 is 2. The second kappa shape index (κ2) is 7.99. The highest BCUT2D eigenvalue weighted by atomic mass is 16.5. The molecule has 2 rings (SSSR count). The van der Waals surface area contributed by atoms with E-state index in [0.29, 0.717) is 0 Å². The number of hydrogen-bond acceptors (Lipinski definition) is 4. The van der Waals surface area contributed by atoms with Crippen LogP contribution in [-0.4, -0.2) is 31.1 Å². The molecule has 0 spiro atoms. The molecule has 0 saturated carbocycles. The van der Waals surface area contributed by atoms with Crippen molar-refractivity contribution in [2.75, 3.05) is 14.2 Å². The van der Waals surface area contributed by atoms with Crippen LogP contribution in [0.4, 0.5) is 0 Å². The van der Waals surface area contributed by atoms with E-state index in [1.807, 2.05) is 30.5 Å². The van der Waals surface area contributed by atoms with Gasteiger partial charge in [0, 0.05) is 23.0 Å². The summed E-state index contributed by atoms with van der Waals surface area (Å²) in [7, 11) is 2.61. The highest BCUT2D eigenvalue weighted by Gasteiger charge is 2.42. The van der Waals surface area contributed by atoms with Crippen LogP contribution in [-0.2, 0) is 19.1 Å². The second-order valence-electron chi connectivity index (χ2n) is 5.92. The molecular formula is C19H25NO4. The van der Waals surface area contributed by atoms with E-state index in [1.54, 1.807) is 0 Å². The molecule has 1 aromatic carbocycles. The first kappa shape index (κ1) is 18.0. The molecule has 0 aliphatic carbocycles. The van der Waals surface area contributed by atoms with Crippen molar-refractivity contribution in [3.8, 4) is 0 Å². The predicted octanol–water partition coefficient (Wildman–Crippen LogP) is 3.65. The van der Waals surface area contributed by atoms with E-state index in [-0.39, 0.29) is 11.8 Å². The molecule has 130 valence electrons. The fourth-order valence-electron chi connectivity index (χ4n) is 3.52. The molecule has 2 aromatic rings. The first-order chi connectivity index (χ1) is 11.6. The molecule has 5 nitrogen and oxygen atoms in total. The Labute approximate surface area is 142 Å². The van der Waals surface area contributed by atoms with Crippen molar-refractivity contribution in [3.63, 3.8) is 0 Å². The van der Waals surface area contributed by atoms with Crippen LogP contribution in [0.15, 0.2) is 30.5 Å². The summed E-state index contributed by atoms with van der Waals surface area (Å²) in [6.45, 7) is 4.14. The van der Waals surface area contributed by atoms with Crippen LogP contribution in [0, 0.1) is 11.8 Å². The molecular weight excluding hydrogens is 306 g/mol. The number of hydrogen-bond donors (Lipinski definition) is 1. The van der Waals surface area contributed by atoms with Crippen LogP contribution >= 0.6 is 0 Å². The molecule has 0 fully saturated rings. The summed E-state index contributed by atoms with van der Waals surface area (Å²) >= 11 is 0. The van der Waals surface area contributed by atoms with Gasteiger partial charge in [-0.15, -0.1) is 0 Å². The Bertz CT molecular complexity index is 686. The molecule has 0 bridgehead atoms. The van der Waals surface area contributed by atoms with E-state index >= 15 is 0 Å². The van der Waals surface area contributed by atoms with Gasteiger partial charge in [0.05, 0.1) is 14.2 Å². The summed E-state index contributed by atoms with van der Waals surface area (Å²) in [6.07, 6.45) is 3.60. The number of esters is 2. The monoisotopic (exact) mass is 331 g/mol. The molecule has 1 aromatic heterocycles. The van der Waals surface area contributed by atoms with E-state index in [4.69, 9.17) is 9.47 Å². The molecule has 0 aliphatic rings. The lowest BCUT2D eigenvalue weighted by Crippen LogP contribution is -2.35. The fourth-order valence-corrected chi connectivity index (χ4v) is 3.52. The quantitative estimate of drug-likeness (QED) is 0.621. The molecule has 5 heteroatoms. The van der Waals surface area contributed by atoms with Crippen LogP contribution in [0.2, 0.25) is 0 Å². The number of aromatic nitrogens is 1. The third-order valence-corrected chi connectivity index (χ3v) is 4.81. The van der Waals surface area contributed by atoms with Crippen LogP contribution in [0.5, 0.6) is 0 Å². The molecule has 1 atom stereocenters. The van der Waals surface area contributed by atoms with Crippen LogP contribution in [0.3, 0.4) is 0 Å². The second-order valence-corrected chi connectivity index (χ2v) is 5.92. The predicted molar refractivity (Wildman–Crippen MR) is 92.6 cm³/mol. The summed E-state index contributed by atoms with van der Waals surface area (Å²) in [5.41, 5.74) is 1.94. The van der Waals surface area contributed by atoms with Gasteiger partial charge in [0.1, 0.15) is 0 Å². The van der Waals surface area contributed by atoms with Crippen molar-refractivity contribution >= 4 is 22.8 Å². The average Bonchev–Trinajstić information content (AvgIpc) is 3.04. The Kier molecular flexibility index (Phi) is 6.01. The Morgan fingerprint density at radius 3 is 2.17 bits per heavy atom. The van der Waals surface area contributed by atoms with E-state index in [2.05, 4.69) is 18.8 Å². The maximum atomic E-state index is 12.4. The molecule has 0 aliphatic heterocycles. The number of nitrogens with one attached hydrogen (secondary N) is 1. The fraction of sp³-hybridized carbons (Fsp3) is 0.474. The van der Waals surface area contributed by atoms with Crippen LogP contribution in [0.1, 0.15) is 38.2 Å². The number of carbonyl (C=O) groups is 2. The summed E-state index contributed by atoms with van der Waals surface area (Å²) in [6, 6.07) is 7.89. The zero-order chi connectivity index (χ0) is 17.7. The first-order valence-electron chi connectivity index (χ1n) is 8.30. The van der Waals surface area contributed by atoms with E-state index < -0.39 is 17.9 Å². The smallest absolute Gasteiger partial charge is 0.320 e. The molecule has 24 heavy (non-hydrogen) atoms. The minimum absolute atomic E-state index is 0.160. The van der Waals surface area contributed by atoms with Gasteiger partial charge in [0.15, 0.2) is 5.92 Å². The van der Waals surface area contributed by atoms with Gasteiger partial charge in [-0.05, 0) is 17.5 Å². The minimum atomic E-state index is -0.968. The number of rotatable bonds is 7. The Hall–Kier alpha value is -2.30. The van der Waals surface area contributed by atoms with Crippen molar-refractivity contribution in [1.29, 1.82) is 0 Å². The Morgan fingerprint density at radius 1 is 1.04 bits per heavy atom.